The lowest BCUT2D eigenvalue weighted by molar-refractivity contribution is -0.143. The van der Waals surface area contributed by atoms with Crippen LogP contribution in [0.15, 0.2) is 18.2 Å². The standard InChI is InChI=1S/C14H18N2O3/c1-9-5-6-11(15)10(8-9)13(17)16-7-3-2-4-12(16)14(18)19/h5-6,8,12H,2-4,7,15H2,1H3,(H,18,19)/t12-/m1/s1. The maximum absolute atomic E-state index is 12.5. The Bertz CT molecular complexity index is 513. The molecule has 19 heavy (non-hydrogen) atoms. The van der Waals surface area contributed by atoms with Crippen molar-refractivity contribution < 1.29 is 14.7 Å². The fraction of sp³-hybridized carbons (Fsp3) is 0.429. The molecule has 0 saturated carbocycles. The van der Waals surface area contributed by atoms with E-state index in [4.69, 9.17) is 5.73 Å². The minimum atomic E-state index is -0.945. The smallest absolute Gasteiger partial charge is 0.326 e. The Hall–Kier alpha value is -2.04. The first-order valence-corrected chi connectivity index (χ1v) is 6.40. The van der Waals surface area contributed by atoms with E-state index < -0.39 is 12.0 Å². The molecule has 0 bridgehead atoms. The summed E-state index contributed by atoms with van der Waals surface area (Å²) >= 11 is 0. The van der Waals surface area contributed by atoms with Crippen LogP contribution in [0.25, 0.3) is 0 Å². The van der Waals surface area contributed by atoms with Gasteiger partial charge in [0.1, 0.15) is 6.04 Å². The van der Waals surface area contributed by atoms with Gasteiger partial charge in [-0.25, -0.2) is 4.79 Å². The van der Waals surface area contributed by atoms with Gasteiger partial charge in [0.15, 0.2) is 0 Å². The van der Waals surface area contributed by atoms with Crippen LogP contribution in [0.4, 0.5) is 5.69 Å². The summed E-state index contributed by atoms with van der Waals surface area (Å²) in [5, 5.41) is 9.20. The topological polar surface area (TPSA) is 83.6 Å². The molecule has 1 amide bonds. The van der Waals surface area contributed by atoms with Crippen molar-refractivity contribution in [1.29, 1.82) is 0 Å². The third-order valence-electron chi connectivity index (χ3n) is 3.49. The van der Waals surface area contributed by atoms with Crippen LogP contribution in [-0.2, 0) is 4.79 Å². The quantitative estimate of drug-likeness (QED) is 0.794. The molecule has 1 atom stereocenters. The van der Waals surface area contributed by atoms with Crippen molar-refractivity contribution in [3.8, 4) is 0 Å². The van der Waals surface area contributed by atoms with E-state index >= 15 is 0 Å². The Morgan fingerprint density at radius 1 is 1.37 bits per heavy atom. The molecule has 0 radical (unpaired) electrons. The van der Waals surface area contributed by atoms with Crippen LogP contribution >= 0.6 is 0 Å². The van der Waals surface area contributed by atoms with Crippen molar-refractivity contribution in [2.45, 2.75) is 32.2 Å². The number of hydrogen-bond acceptors (Lipinski definition) is 3. The minimum absolute atomic E-state index is 0.284. The summed E-state index contributed by atoms with van der Waals surface area (Å²) < 4.78 is 0. The number of carbonyl (C=O) groups is 2. The molecule has 1 heterocycles. The third kappa shape index (κ3) is 2.70. The van der Waals surface area contributed by atoms with Crippen molar-refractivity contribution in [3.63, 3.8) is 0 Å². The van der Waals surface area contributed by atoms with Gasteiger partial charge in [-0.05, 0) is 38.3 Å². The van der Waals surface area contributed by atoms with Crippen molar-refractivity contribution >= 4 is 17.6 Å². The lowest BCUT2D eigenvalue weighted by atomic mass is 10.00. The van der Waals surface area contributed by atoms with Crippen LogP contribution in [-0.4, -0.2) is 34.5 Å². The van der Waals surface area contributed by atoms with Gasteiger partial charge >= 0.3 is 5.97 Å². The van der Waals surface area contributed by atoms with Gasteiger partial charge in [-0.2, -0.15) is 0 Å². The average Bonchev–Trinajstić information content (AvgIpc) is 2.40. The number of amides is 1. The van der Waals surface area contributed by atoms with Crippen LogP contribution in [0.2, 0.25) is 0 Å². The van der Waals surface area contributed by atoms with Crippen molar-refractivity contribution in [1.82, 2.24) is 4.90 Å². The van der Waals surface area contributed by atoms with Gasteiger partial charge in [0.25, 0.3) is 5.91 Å². The molecule has 0 unspecified atom stereocenters. The summed E-state index contributed by atoms with van der Waals surface area (Å²) in [6.45, 7) is 2.35. The predicted octanol–water partition coefficient (Wildman–Crippen LogP) is 1.66. The number of carboxylic acids is 1. The summed E-state index contributed by atoms with van der Waals surface area (Å²) in [7, 11) is 0. The first-order chi connectivity index (χ1) is 9.00. The van der Waals surface area contributed by atoms with E-state index in [2.05, 4.69) is 0 Å². The van der Waals surface area contributed by atoms with Crippen molar-refractivity contribution in [2.75, 3.05) is 12.3 Å². The van der Waals surface area contributed by atoms with Crippen LogP contribution in [0.1, 0.15) is 35.2 Å². The summed E-state index contributed by atoms with van der Waals surface area (Å²) in [6.07, 6.45) is 2.18. The van der Waals surface area contributed by atoms with Crippen molar-refractivity contribution in [2.24, 2.45) is 0 Å². The highest BCUT2D eigenvalue weighted by Crippen LogP contribution is 2.23. The summed E-state index contributed by atoms with van der Waals surface area (Å²) in [6, 6.07) is 4.49. The summed E-state index contributed by atoms with van der Waals surface area (Å²) in [5.74, 6) is -1.23. The number of nitrogens with zero attached hydrogens (tertiary/aromatic N) is 1. The number of aryl methyl sites for hydroxylation is 1. The predicted molar refractivity (Wildman–Crippen MR) is 71.9 cm³/mol. The monoisotopic (exact) mass is 262 g/mol. The second kappa shape index (κ2) is 5.30. The molecule has 1 fully saturated rings. The van der Waals surface area contributed by atoms with Gasteiger partial charge in [-0.3, -0.25) is 4.79 Å². The first-order valence-electron chi connectivity index (χ1n) is 6.40. The number of hydrogen-bond donors (Lipinski definition) is 2. The van der Waals surface area contributed by atoms with Crippen LogP contribution < -0.4 is 5.73 Å². The number of carbonyl (C=O) groups excluding carboxylic acids is 1. The SMILES string of the molecule is Cc1ccc(N)c(C(=O)N2CCCC[C@@H]2C(=O)O)c1. The zero-order valence-corrected chi connectivity index (χ0v) is 10.9. The highest BCUT2D eigenvalue weighted by Gasteiger charge is 2.33. The normalized spacial score (nSPS) is 19.2. The zero-order chi connectivity index (χ0) is 14.0. The molecule has 102 valence electrons. The molecule has 3 N–H and O–H groups in total. The van der Waals surface area contributed by atoms with E-state index in [0.717, 1.165) is 18.4 Å². The Labute approximate surface area is 112 Å². The fourth-order valence-electron chi connectivity index (χ4n) is 2.44. The fourth-order valence-corrected chi connectivity index (χ4v) is 2.44. The molecule has 1 aliphatic heterocycles. The number of piperidine rings is 1. The largest absolute Gasteiger partial charge is 0.480 e. The molecule has 1 aromatic carbocycles. The molecule has 0 spiro atoms. The van der Waals surface area contributed by atoms with E-state index in [1.54, 1.807) is 12.1 Å². The van der Waals surface area contributed by atoms with Gasteiger partial charge in [0, 0.05) is 12.2 Å². The van der Waals surface area contributed by atoms with Gasteiger partial charge < -0.3 is 15.7 Å². The molecular formula is C14H18N2O3. The Morgan fingerprint density at radius 2 is 2.11 bits per heavy atom. The minimum Gasteiger partial charge on any atom is -0.480 e. The molecule has 2 rings (SSSR count). The summed E-state index contributed by atoms with van der Waals surface area (Å²) in [4.78, 5) is 25.1. The molecule has 1 aromatic rings. The Balaban J connectivity index is 2.31. The second-order valence-corrected chi connectivity index (χ2v) is 4.94. The van der Waals surface area contributed by atoms with Crippen LogP contribution in [0.3, 0.4) is 0 Å². The number of rotatable bonds is 2. The average molecular weight is 262 g/mol. The first kappa shape index (κ1) is 13.4. The maximum atomic E-state index is 12.5. The molecular weight excluding hydrogens is 244 g/mol. The van der Waals surface area contributed by atoms with E-state index in [0.29, 0.717) is 24.2 Å². The van der Waals surface area contributed by atoms with Gasteiger partial charge in [0.2, 0.25) is 0 Å². The molecule has 1 aliphatic rings. The van der Waals surface area contributed by atoms with Crippen LogP contribution in [0.5, 0.6) is 0 Å². The molecule has 0 aliphatic carbocycles. The number of benzene rings is 1. The lowest BCUT2D eigenvalue weighted by Crippen LogP contribution is -2.48. The molecule has 5 heteroatoms. The van der Waals surface area contributed by atoms with Crippen molar-refractivity contribution in [3.05, 3.63) is 29.3 Å². The number of likely N-dealkylation sites (tertiary alicyclic amines) is 1. The number of nitrogens with two attached hydrogens (primary N) is 1. The lowest BCUT2D eigenvalue weighted by Gasteiger charge is -2.33. The number of carboxylic acid groups (broad SMARTS) is 1. The van der Waals surface area contributed by atoms with Crippen LogP contribution in [0, 0.1) is 6.92 Å². The van der Waals surface area contributed by atoms with Gasteiger partial charge in [0.05, 0.1) is 5.56 Å². The highest BCUT2D eigenvalue weighted by molar-refractivity contribution is 6.01. The van der Waals surface area contributed by atoms with Gasteiger partial charge in [-0.1, -0.05) is 11.6 Å². The van der Waals surface area contributed by atoms with E-state index in [9.17, 15) is 14.7 Å². The number of nitrogen functional groups attached to an aromatic ring is 1. The number of anilines is 1. The Morgan fingerprint density at radius 3 is 2.79 bits per heavy atom. The molecule has 5 nitrogen and oxygen atoms in total. The Kier molecular flexibility index (Phi) is 3.74. The van der Waals surface area contributed by atoms with Gasteiger partial charge in [-0.15, -0.1) is 0 Å². The summed E-state index contributed by atoms with van der Waals surface area (Å²) in [5.41, 5.74) is 7.55. The van der Waals surface area contributed by atoms with E-state index in [1.807, 2.05) is 13.0 Å². The second-order valence-electron chi connectivity index (χ2n) is 4.94. The highest BCUT2D eigenvalue weighted by atomic mass is 16.4. The van der Waals surface area contributed by atoms with E-state index in [-0.39, 0.29) is 5.91 Å². The zero-order valence-electron chi connectivity index (χ0n) is 10.9. The van der Waals surface area contributed by atoms with E-state index in [1.165, 1.54) is 4.90 Å². The number of aliphatic carboxylic acids is 1. The molecule has 0 aromatic heterocycles. The maximum Gasteiger partial charge on any atom is 0.326 e. The molecule has 1 saturated heterocycles. The third-order valence-corrected chi connectivity index (χ3v) is 3.49.